The number of nitro groups is 1. The van der Waals surface area contributed by atoms with Crippen molar-refractivity contribution in [1.82, 2.24) is 4.72 Å². The molecule has 9 nitrogen and oxygen atoms in total. The van der Waals surface area contributed by atoms with Crippen LogP contribution in [-0.2, 0) is 25.8 Å². The topological polar surface area (TPSA) is 144 Å². The minimum atomic E-state index is -4.87. The van der Waals surface area contributed by atoms with Crippen molar-refractivity contribution < 1.29 is 41.2 Å². The van der Waals surface area contributed by atoms with E-state index in [1.807, 2.05) is 0 Å². The van der Waals surface area contributed by atoms with E-state index in [1.165, 1.54) is 0 Å². The predicted molar refractivity (Wildman–Crippen MR) is 101 cm³/mol. The Morgan fingerprint density at radius 3 is 2.16 bits per heavy atom. The lowest BCUT2D eigenvalue weighted by atomic mass is 9.99. The zero-order chi connectivity index (χ0) is 23.6. The molecule has 0 heterocycles. The molecule has 2 rings (SSSR count). The molecule has 0 unspecified atom stereocenters. The number of nitrogens with zero attached hydrogens (tertiary/aromatic N) is 1. The van der Waals surface area contributed by atoms with Crippen LogP contribution in [0.1, 0.15) is 23.6 Å². The molecule has 0 aliphatic rings. The normalized spacial score (nSPS) is 12.3. The molecule has 0 saturated heterocycles. The number of nitrogens with one attached hydrogen (secondary N) is 1. The predicted octanol–water partition coefficient (Wildman–Crippen LogP) is 3.06. The summed E-state index contributed by atoms with van der Waals surface area (Å²) >= 11 is 0. The summed E-state index contributed by atoms with van der Waals surface area (Å²) in [7, 11) is -4.14. The van der Waals surface area contributed by atoms with Gasteiger partial charge in [0.15, 0.2) is 0 Å². The maximum Gasteiger partial charge on any atom is 0.416 e. The van der Waals surface area contributed by atoms with Crippen molar-refractivity contribution in [2.75, 3.05) is 0 Å². The molecule has 0 aliphatic heterocycles. The van der Waals surface area contributed by atoms with Gasteiger partial charge in [-0.2, -0.15) is 13.2 Å². The molecule has 0 atom stereocenters. The first-order valence-electron chi connectivity index (χ1n) is 8.17. The molecule has 31 heavy (non-hydrogen) atoms. The van der Waals surface area contributed by atoms with Crippen molar-refractivity contribution in [2.24, 2.45) is 0 Å². The number of benzene rings is 2. The Kier molecular flexibility index (Phi) is 6.49. The van der Waals surface area contributed by atoms with E-state index in [0.29, 0.717) is 12.1 Å². The standard InChI is InChI=1S/C18H13F3N2O7S/c1-10(24)22-31(29,30)13-5-2-11(3-6-13)8-15(17(25)26)14-7-4-12(18(19,20)21)9-16(14)23(27)28/h2-9H,1H3,(H,22,24)(H,25,26)/b15-8-. The third kappa shape index (κ3) is 5.66. The second kappa shape index (κ2) is 8.55. The van der Waals surface area contributed by atoms with E-state index < -0.39 is 55.4 Å². The maximum atomic E-state index is 12.9. The number of carbonyl (C=O) groups is 2. The smallest absolute Gasteiger partial charge is 0.416 e. The van der Waals surface area contributed by atoms with Crippen LogP contribution in [0.5, 0.6) is 0 Å². The molecule has 0 aliphatic carbocycles. The number of hydrogen-bond acceptors (Lipinski definition) is 6. The Hall–Kier alpha value is -3.74. The Morgan fingerprint density at radius 1 is 1.13 bits per heavy atom. The van der Waals surface area contributed by atoms with Gasteiger partial charge in [-0.1, -0.05) is 12.1 Å². The first-order chi connectivity index (χ1) is 14.2. The summed E-state index contributed by atoms with van der Waals surface area (Å²) in [4.78, 5) is 32.4. The number of nitro benzene ring substituents is 1. The SMILES string of the molecule is CC(=O)NS(=O)(=O)c1ccc(/C=C(\C(=O)O)c2ccc(C(F)(F)F)cc2[N+](=O)[O-])cc1. The Balaban J connectivity index is 2.56. The first-order valence-corrected chi connectivity index (χ1v) is 9.65. The third-order valence-electron chi connectivity index (χ3n) is 3.82. The summed E-state index contributed by atoms with van der Waals surface area (Å²) in [5.74, 6) is -2.48. The van der Waals surface area contributed by atoms with Crippen molar-refractivity contribution >= 4 is 39.2 Å². The molecular weight excluding hydrogens is 445 g/mol. The average Bonchev–Trinajstić information content (AvgIpc) is 2.64. The highest BCUT2D eigenvalue weighted by Crippen LogP contribution is 2.35. The van der Waals surface area contributed by atoms with Gasteiger partial charge in [-0.05, 0) is 35.9 Å². The lowest BCUT2D eigenvalue weighted by Crippen LogP contribution is -2.28. The number of amides is 1. The molecule has 2 aromatic carbocycles. The molecule has 0 radical (unpaired) electrons. The fourth-order valence-corrected chi connectivity index (χ4v) is 3.49. The van der Waals surface area contributed by atoms with Crippen molar-refractivity contribution in [2.45, 2.75) is 18.0 Å². The molecule has 1 amide bonds. The van der Waals surface area contributed by atoms with Gasteiger partial charge in [-0.3, -0.25) is 14.9 Å². The number of sulfonamides is 1. The number of carboxylic acids is 1. The van der Waals surface area contributed by atoms with Crippen molar-refractivity contribution in [3.63, 3.8) is 0 Å². The van der Waals surface area contributed by atoms with E-state index in [1.54, 1.807) is 4.72 Å². The molecule has 2 aromatic rings. The second-order valence-electron chi connectivity index (χ2n) is 6.08. The number of halogens is 3. The van der Waals surface area contributed by atoms with Gasteiger partial charge in [0.25, 0.3) is 15.7 Å². The van der Waals surface area contributed by atoms with E-state index >= 15 is 0 Å². The highest BCUT2D eigenvalue weighted by Gasteiger charge is 2.34. The van der Waals surface area contributed by atoms with E-state index in [0.717, 1.165) is 37.3 Å². The van der Waals surface area contributed by atoms with Crippen LogP contribution in [0.15, 0.2) is 47.4 Å². The van der Waals surface area contributed by atoms with Crippen molar-refractivity contribution in [3.8, 4) is 0 Å². The lowest BCUT2D eigenvalue weighted by molar-refractivity contribution is -0.385. The van der Waals surface area contributed by atoms with Crippen LogP contribution in [0, 0.1) is 10.1 Å². The van der Waals surface area contributed by atoms with Crippen LogP contribution >= 0.6 is 0 Å². The van der Waals surface area contributed by atoms with Gasteiger partial charge in [0.05, 0.1) is 26.5 Å². The number of alkyl halides is 3. The van der Waals surface area contributed by atoms with Gasteiger partial charge in [-0.25, -0.2) is 17.9 Å². The van der Waals surface area contributed by atoms with Crippen LogP contribution in [0.3, 0.4) is 0 Å². The van der Waals surface area contributed by atoms with Crippen molar-refractivity contribution in [1.29, 1.82) is 0 Å². The van der Waals surface area contributed by atoms with Crippen LogP contribution < -0.4 is 4.72 Å². The molecule has 0 saturated carbocycles. The van der Waals surface area contributed by atoms with Gasteiger partial charge >= 0.3 is 12.1 Å². The average molecular weight is 458 g/mol. The maximum absolute atomic E-state index is 12.9. The Labute approximate surface area is 173 Å². The first kappa shape index (κ1) is 23.5. The molecular formula is C18H13F3N2O7S. The Bertz CT molecular complexity index is 1190. The third-order valence-corrected chi connectivity index (χ3v) is 5.27. The Morgan fingerprint density at radius 2 is 1.71 bits per heavy atom. The number of carbonyl (C=O) groups excluding carboxylic acids is 1. The molecule has 0 spiro atoms. The van der Waals surface area contributed by atoms with E-state index in [2.05, 4.69) is 0 Å². The zero-order valence-electron chi connectivity index (χ0n) is 15.5. The molecule has 164 valence electrons. The molecule has 0 aromatic heterocycles. The van der Waals surface area contributed by atoms with Gasteiger partial charge in [0.1, 0.15) is 0 Å². The minimum Gasteiger partial charge on any atom is -0.478 e. The van der Waals surface area contributed by atoms with Gasteiger partial charge < -0.3 is 5.11 Å². The summed E-state index contributed by atoms with van der Waals surface area (Å²) < 4.78 is 64.2. The monoisotopic (exact) mass is 458 g/mol. The van der Waals surface area contributed by atoms with E-state index in [-0.39, 0.29) is 16.5 Å². The van der Waals surface area contributed by atoms with Gasteiger partial charge in [0.2, 0.25) is 5.91 Å². The highest BCUT2D eigenvalue weighted by molar-refractivity contribution is 7.90. The summed E-state index contributed by atoms with van der Waals surface area (Å²) in [6, 6.07) is 5.85. The summed E-state index contributed by atoms with van der Waals surface area (Å²) in [6.07, 6.45) is -3.93. The van der Waals surface area contributed by atoms with Gasteiger partial charge in [0, 0.05) is 13.0 Å². The van der Waals surface area contributed by atoms with Gasteiger partial charge in [-0.15, -0.1) is 0 Å². The molecule has 2 N–H and O–H groups in total. The minimum absolute atomic E-state index is 0.0911. The largest absolute Gasteiger partial charge is 0.478 e. The second-order valence-corrected chi connectivity index (χ2v) is 7.76. The molecule has 0 bridgehead atoms. The molecule has 13 heteroatoms. The summed E-state index contributed by atoms with van der Waals surface area (Å²) in [6.45, 7) is 0.991. The lowest BCUT2D eigenvalue weighted by Gasteiger charge is -2.10. The number of aliphatic carboxylic acids is 1. The van der Waals surface area contributed by atoms with E-state index in [4.69, 9.17) is 0 Å². The fourth-order valence-electron chi connectivity index (χ4n) is 2.50. The number of rotatable bonds is 6. The number of hydrogen-bond donors (Lipinski definition) is 2. The quantitative estimate of drug-likeness (QED) is 0.293. The van der Waals surface area contributed by atoms with Crippen LogP contribution in [0.25, 0.3) is 11.6 Å². The van der Waals surface area contributed by atoms with Crippen LogP contribution in [-0.4, -0.2) is 30.3 Å². The molecule has 0 fully saturated rings. The van der Waals surface area contributed by atoms with E-state index in [9.17, 15) is 46.4 Å². The fraction of sp³-hybridized carbons (Fsp3) is 0.111. The highest BCUT2D eigenvalue weighted by atomic mass is 32.2. The summed E-state index contributed by atoms with van der Waals surface area (Å²) in [5, 5.41) is 20.7. The van der Waals surface area contributed by atoms with Crippen molar-refractivity contribution in [3.05, 3.63) is 69.3 Å². The van der Waals surface area contributed by atoms with Crippen LogP contribution in [0.2, 0.25) is 0 Å². The zero-order valence-corrected chi connectivity index (χ0v) is 16.3. The summed E-state index contributed by atoms with van der Waals surface area (Å²) in [5.41, 5.74) is -3.54. The van der Waals surface area contributed by atoms with Crippen LogP contribution in [0.4, 0.5) is 18.9 Å². The number of carboxylic acid groups (broad SMARTS) is 1.